The normalized spacial score (nSPS) is 14.9. The average molecular weight is 344 g/mol. The number of hydrogen-bond acceptors (Lipinski definition) is 4. The van der Waals surface area contributed by atoms with Crippen molar-refractivity contribution < 1.29 is 14.7 Å². The first kappa shape index (κ1) is 13.5. The van der Waals surface area contributed by atoms with Crippen LogP contribution in [0.25, 0.3) is 0 Å². The second-order valence-corrected chi connectivity index (χ2v) is 5.32. The molecular formula is C15H8BrN2O3-. The third kappa shape index (κ3) is 2.45. The van der Waals surface area contributed by atoms with Crippen molar-refractivity contribution in [3.05, 3.63) is 58.1 Å². The van der Waals surface area contributed by atoms with Crippen LogP contribution in [0.1, 0.15) is 15.9 Å². The second kappa shape index (κ2) is 5.14. The number of carboxylic acid groups (broad SMARTS) is 1. The number of carboxylic acids is 1. The molecule has 0 saturated carbocycles. The van der Waals surface area contributed by atoms with E-state index in [-0.39, 0.29) is 22.9 Å². The van der Waals surface area contributed by atoms with Crippen molar-refractivity contribution in [2.24, 2.45) is 4.99 Å². The molecule has 1 aliphatic rings. The third-order valence-corrected chi connectivity index (χ3v) is 3.55. The highest BCUT2D eigenvalue weighted by molar-refractivity contribution is 9.10. The zero-order chi connectivity index (χ0) is 15.0. The number of nitrogens with zero attached hydrogens (tertiary/aromatic N) is 1. The lowest BCUT2D eigenvalue weighted by atomic mass is 10.1. The van der Waals surface area contributed by atoms with E-state index in [9.17, 15) is 14.7 Å². The van der Waals surface area contributed by atoms with Crippen LogP contribution >= 0.6 is 15.9 Å². The van der Waals surface area contributed by atoms with Gasteiger partial charge in [-0.25, -0.2) is 4.99 Å². The van der Waals surface area contributed by atoms with Crippen LogP contribution in [0.3, 0.4) is 0 Å². The topological polar surface area (TPSA) is 81.6 Å². The molecule has 6 heteroatoms. The third-order valence-electron chi connectivity index (χ3n) is 3.06. The minimum absolute atomic E-state index is 0.0544. The van der Waals surface area contributed by atoms with Gasteiger partial charge in [-0.1, -0.05) is 34.1 Å². The number of aliphatic imine (C=N–C) groups is 1. The predicted octanol–water partition coefficient (Wildman–Crippen LogP) is 1.89. The van der Waals surface area contributed by atoms with Gasteiger partial charge in [0, 0.05) is 15.6 Å². The van der Waals surface area contributed by atoms with Crippen molar-refractivity contribution in [1.82, 2.24) is 0 Å². The van der Waals surface area contributed by atoms with Crippen LogP contribution in [0.4, 0.5) is 11.4 Å². The molecule has 1 N–H and O–H groups in total. The van der Waals surface area contributed by atoms with Crippen LogP contribution in [0.2, 0.25) is 0 Å². The Balaban J connectivity index is 2.16. The van der Waals surface area contributed by atoms with Gasteiger partial charge in [-0.2, -0.15) is 0 Å². The number of anilines is 1. The fourth-order valence-electron chi connectivity index (χ4n) is 2.10. The molecule has 0 spiro atoms. The van der Waals surface area contributed by atoms with E-state index in [4.69, 9.17) is 0 Å². The van der Waals surface area contributed by atoms with Gasteiger partial charge in [0.1, 0.15) is 5.71 Å². The summed E-state index contributed by atoms with van der Waals surface area (Å²) in [6.07, 6.45) is 0. The highest BCUT2D eigenvalue weighted by Gasteiger charge is 2.26. The van der Waals surface area contributed by atoms with E-state index in [1.165, 1.54) is 12.1 Å². The molecule has 0 saturated heterocycles. The number of nitrogens with one attached hydrogen (secondary N) is 1. The number of aromatic carboxylic acids is 1. The van der Waals surface area contributed by atoms with Gasteiger partial charge in [0.2, 0.25) is 0 Å². The summed E-state index contributed by atoms with van der Waals surface area (Å²) in [5.74, 6) is -1.70. The zero-order valence-electron chi connectivity index (χ0n) is 10.6. The number of hydrogen-bond donors (Lipinski definition) is 1. The molecule has 0 atom stereocenters. The number of benzene rings is 2. The Morgan fingerprint density at radius 1 is 1.19 bits per heavy atom. The minimum Gasteiger partial charge on any atom is -0.545 e. The zero-order valence-corrected chi connectivity index (χ0v) is 12.2. The van der Waals surface area contributed by atoms with Gasteiger partial charge in [-0.3, -0.25) is 4.79 Å². The van der Waals surface area contributed by atoms with E-state index in [0.717, 1.165) is 4.47 Å². The van der Waals surface area contributed by atoms with Gasteiger partial charge in [0.05, 0.1) is 17.3 Å². The highest BCUT2D eigenvalue weighted by Crippen LogP contribution is 2.29. The van der Waals surface area contributed by atoms with Crippen molar-refractivity contribution in [3.8, 4) is 0 Å². The largest absolute Gasteiger partial charge is 0.545 e. The smallest absolute Gasteiger partial charge is 0.275 e. The molecule has 0 aromatic heterocycles. The molecule has 1 heterocycles. The van der Waals surface area contributed by atoms with Gasteiger partial charge < -0.3 is 15.2 Å². The quantitative estimate of drug-likeness (QED) is 0.903. The molecule has 1 aliphatic heterocycles. The lowest BCUT2D eigenvalue weighted by Crippen LogP contribution is -2.22. The average Bonchev–Trinajstić information content (AvgIpc) is 2.75. The monoisotopic (exact) mass is 343 g/mol. The summed E-state index contributed by atoms with van der Waals surface area (Å²) in [7, 11) is 0. The molecule has 0 bridgehead atoms. The van der Waals surface area contributed by atoms with Gasteiger partial charge >= 0.3 is 0 Å². The number of halogens is 1. The lowest BCUT2D eigenvalue weighted by Gasteiger charge is -2.06. The number of fused-ring (bicyclic) bond motifs is 1. The number of carbonyl (C=O) groups is 2. The van der Waals surface area contributed by atoms with Crippen molar-refractivity contribution in [2.45, 2.75) is 0 Å². The van der Waals surface area contributed by atoms with Crippen molar-refractivity contribution in [3.63, 3.8) is 0 Å². The number of amides is 1. The van der Waals surface area contributed by atoms with Gasteiger partial charge in [-0.05, 0) is 24.3 Å². The summed E-state index contributed by atoms with van der Waals surface area (Å²) in [5.41, 5.74) is 1.59. The summed E-state index contributed by atoms with van der Waals surface area (Å²) in [6.45, 7) is 0. The van der Waals surface area contributed by atoms with Crippen LogP contribution in [0.5, 0.6) is 0 Å². The van der Waals surface area contributed by atoms with E-state index in [1.54, 1.807) is 30.3 Å². The first-order valence-electron chi connectivity index (χ1n) is 6.06. The van der Waals surface area contributed by atoms with E-state index in [2.05, 4.69) is 26.2 Å². The Labute approximate surface area is 128 Å². The second-order valence-electron chi connectivity index (χ2n) is 4.41. The maximum Gasteiger partial charge on any atom is 0.275 e. The summed E-state index contributed by atoms with van der Waals surface area (Å²) < 4.78 is 0.804. The maximum atomic E-state index is 12.0. The van der Waals surface area contributed by atoms with Crippen LogP contribution in [-0.4, -0.2) is 17.6 Å². The Morgan fingerprint density at radius 2 is 1.95 bits per heavy atom. The molecule has 0 radical (unpaired) electrons. The Kier molecular flexibility index (Phi) is 3.31. The maximum absolute atomic E-state index is 12.0. The minimum atomic E-state index is -1.33. The summed E-state index contributed by atoms with van der Waals surface area (Å²) in [6, 6.07) is 11.5. The first-order chi connectivity index (χ1) is 10.1. The molecule has 5 nitrogen and oxygen atoms in total. The molecule has 3 rings (SSSR count). The van der Waals surface area contributed by atoms with Crippen LogP contribution < -0.4 is 10.4 Å². The fourth-order valence-corrected chi connectivity index (χ4v) is 2.46. The van der Waals surface area contributed by atoms with E-state index in [0.29, 0.717) is 11.3 Å². The molecule has 2 aromatic carbocycles. The molecule has 21 heavy (non-hydrogen) atoms. The van der Waals surface area contributed by atoms with Crippen molar-refractivity contribution in [1.29, 1.82) is 0 Å². The standard InChI is InChI=1S/C15H9BrN2O3/c16-8-5-6-12-10(7-8)13(14(19)18-12)17-11-4-2-1-3-9(11)15(20)21/h1-7H,(H,20,21)(H,17,18,19)/p-1. The molecule has 2 aromatic rings. The van der Waals surface area contributed by atoms with Gasteiger partial charge in [0.15, 0.2) is 0 Å². The van der Waals surface area contributed by atoms with Crippen LogP contribution in [0.15, 0.2) is 51.9 Å². The number of rotatable bonds is 2. The van der Waals surface area contributed by atoms with Crippen molar-refractivity contribution in [2.75, 3.05) is 5.32 Å². The number of para-hydroxylation sites is 1. The molecule has 0 aliphatic carbocycles. The first-order valence-corrected chi connectivity index (χ1v) is 6.86. The molecule has 0 fully saturated rings. The van der Waals surface area contributed by atoms with Crippen molar-refractivity contribution >= 4 is 44.9 Å². The summed E-state index contributed by atoms with van der Waals surface area (Å²) in [5, 5.41) is 13.8. The molecule has 1 amide bonds. The van der Waals surface area contributed by atoms with Gasteiger partial charge in [-0.15, -0.1) is 0 Å². The summed E-state index contributed by atoms with van der Waals surface area (Å²) >= 11 is 3.34. The van der Waals surface area contributed by atoms with Gasteiger partial charge in [0.25, 0.3) is 5.91 Å². The van der Waals surface area contributed by atoms with E-state index >= 15 is 0 Å². The molecule has 0 unspecified atom stereocenters. The lowest BCUT2D eigenvalue weighted by molar-refractivity contribution is -0.254. The predicted molar refractivity (Wildman–Crippen MR) is 79.7 cm³/mol. The summed E-state index contributed by atoms with van der Waals surface area (Å²) in [4.78, 5) is 27.3. The Hall–Kier alpha value is -2.47. The van der Waals surface area contributed by atoms with Crippen LogP contribution in [-0.2, 0) is 4.79 Å². The molecular weight excluding hydrogens is 336 g/mol. The fraction of sp³-hybridized carbons (Fsp3) is 0. The van der Waals surface area contributed by atoms with Crippen LogP contribution in [0, 0.1) is 0 Å². The Bertz CT molecular complexity index is 799. The highest BCUT2D eigenvalue weighted by atomic mass is 79.9. The number of carbonyl (C=O) groups excluding carboxylic acids is 2. The van der Waals surface area contributed by atoms with E-state index < -0.39 is 5.97 Å². The van der Waals surface area contributed by atoms with E-state index in [1.807, 2.05) is 0 Å². The molecule has 104 valence electrons. The Morgan fingerprint density at radius 3 is 2.71 bits per heavy atom. The SMILES string of the molecule is O=C1Nc2ccc(Br)cc2C1=Nc1ccccc1C(=O)[O-].